The van der Waals surface area contributed by atoms with Gasteiger partial charge in [-0.2, -0.15) is 0 Å². The Kier molecular flexibility index (Phi) is 5.51. The maximum Gasteiger partial charge on any atom is 0.158 e. The lowest BCUT2D eigenvalue weighted by Crippen LogP contribution is -3.00. The molecule has 0 aromatic heterocycles. The number of hydrogen-bond acceptors (Lipinski definition) is 3. The van der Waals surface area contributed by atoms with E-state index in [9.17, 15) is 0 Å². The standard InChI is InChI=1S/C18H20ClN3O.ClH/c19-7-8-22-17-4-2-1-3-15(17)20-16-6-5-14(13-18(16)22)21-9-11-23-12-10-21;/h1-6,13,20H,7-12H2;1H. The maximum atomic E-state index is 6.08. The van der Waals surface area contributed by atoms with E-state index in [0.717, 1.165) is 32.8 Å². The first-order valence-corrected chi connectivity index (χ1v) is 8.64. The molecule has 2 N–H and O–H groups in total. The van der Waals surface area contributed by atoms with Crippen molar-refractivity contribution < 1.29 is 22.5 Å². The number of ether oxygens (including phenoxy) is 1. The molecule has 128 valence electrons. The molecule has 1 fully saturated rings. The van der Waals surface area contributed by atoms with Gasteiger partial charge in [-0.1, -0.05) is 12.1 Å². The molecule has 6 heteroatoms. The van der Waals surface area contributed by atoms with Gasteiger partial charge < -0.3 is 26.9 Å². The third-order valence-corrected chi connectivity index (χ3v) is 4.70. The highest BCUT2D eigenvalue weighted by molar-refractivity contribution is 6.18. The van der Waals surface area contributed by atoms with Crippen molar-refractivity contribution in [1.29, 1.82) is 0 Å². The topological polar surface area (TPSA) is 32.3 Å². The molecule has 0 aliphatic carbocycles. The van der Waals surface area contributed by atoms with E-state index in [0.29, 0.717) is 5.88 Å². The maximum absolute atomic E-state index is 6.08. The molecule has 0 saturated carbocycles. The molecule has 0 spiro atoms. The molecule has 4 nitrogen and oxygen atoms in total. The zero-order valence-corrected chi connectivity index (χ0v) is 14.9. The summed E-state index contributed by atoms with van der Waals surface area (Å²) in [5, 5.41) is 2.26. The van der Waals surface area contributed by atoms with E-state index in [2.05, 4.69) is 57.6 Å². The van der Waals surface area contributed by atoms with Crippen molar-refractivity contribution in [3.8, 4) is 0 Å². The smallest absolute Gasteiger partial charge is 0.158 e. The van der Waals surface area contributed by atoms with Gasteiger partial charge in [-0.3, -0.25) is 5.32 Å². The molecule has 0 atom stereocenters. The number of morpholine rings is 1. The van der Waals surface area contributed by atoms with Gasteiger partial charge in [0.1, 0.15) is 11.4 Å². The summed E-state index contributed by atoms with van der Waals surface area (Å²) in [5.74, 6) is 0.607. The number of nitrogens with two attached hydrogens (primary N) is 1. The van der Waals surface area contributed by atoms with E-state index in [-0.39, 0.29) is 12.4 Å². The Bertz CT molecular complexity index is 704. The van der Waals surface area contributed by atoms with Gasteiger partial charge in [-0.05, 0) is 18.2 Å². The monoisotopic (exact) mass is 365 g/mol. The Balaban J connectivity index is 0.00000169. The lowest BCUT2D eigenvalue weighted by atomic mass is 10.1. The lowest BCUT2D eigenvalue weighted by Gasteiger charge is -2.33. The van der Waals surface area contributed by atoms with Gasteiger partial charge in [0.25, 0.3) is 0 Å². The second kappa shape index (κ2) is 7.62. The number of hydrogen-bond donors (Lipinski definition) is 1. The summed E-state index contributed by atoms with van der Waals surface area (Å²) in [6.07, 6.45) is 0. The van der Waals surface area contributed by atoms with Crippen molar-refractivity contribution in [2.24, 2.45) is 0 Å². The normalized spacial score (nSPS) is 16.2. The molecule has 2 aliphatic heterocycles. The van der Waals surface area contributed by atoms with Crippen LogP contribution in [0.15, 0.2) is 42.5 Å². The third kappa shape index (κ3) is 3.20. The summed E-state index contributed by atoms with van der Waals surface area (Å²) >= 11 is 6.08. The van der Waals surface area contributed by atoms with Gasteiger partial charge in [0.15, 0.2) is 11.4 Å². The van der Waals surface area contributed by atoms with E-state index >= 15 is 0 Å². The highest BCUT2D eigenvalue weighted by Crippen LogP contribution is 2.39. The summed E-state index contributed by atoms with van der Waals surface area (Å²) in [4.78, 5) is 4.73. The van der Waals surface area contributed by atoms with Crippen LogP contribution < -0.4 is 27.5 Å². The number of halogens is 2. The Hall–Kier alpha value is -1.46. The molecular weight excluding hydrogens is 345 g/mol. The predicted molar refractivity (Wildman–Crippen MR) is 94.9 cm³/mol. The minimum absolute atomic E-state index is 0. The quantitative estimate of drug-likeness (QED) is 0.601. The van der Waals surface area contributed by atoms with Crippen molar-refractivity contribution in [2.75, 3.05) is 48.5 Å². The van der Waals surface area contributed by atoms with E-state index in [1.165, 1.54) is 28.4 Å². The molecule has 2 aliphatic rings. The van der Waals surface area contributed by atoms with E-state index in [1.54, 1.807) is 0 Å². The van der Waals surface area contributed by atoms with Crippen LogP contribution >= 0.6 is 11.6 Å². The summed E-state index contributed by atoms with van der Waals surface area (Å²) in [7, 11) is 0. The zero-order valence-electron chi connectivity index (χ0n) is 13.4. The number of quaternary nitrogens is 1. The molecule has 1 saturated heterocycles. The summed E-state index contributed by atoms with van der Waals surface area (Å²) in [6, 6.07) is 15.2. The number of rotatable bonds is 3. The number of anilines is 3. The van der Waals surface area contributed by atoms with Crippen LogP contribution in [0.3, 0.4) is 0 Å². The number of alkyl halides is 1. The SMILES string of the molecule is ClCCN1c2ccccc2[NH2+]c2ccc(N3CCOCC3)cc21.[Cl-]. The molecule has 0 amide bonds. The Morgan fingerprint density at radius 1 is 1.00 bits per heavy atom. The fraction of sp³-hybridized carbons (Fsp3) is 0.333. The minimum atomic E-state index is 0. The average Bonchev–Trinajstić information content (AvgIpc) is 2.62. The van der Waals surface area contributed by atoms with Gasteiger partial charge >= 0.3 is 0 Å². The number of para-hydroxylation sites is 2. The van der Waals surface area contributed by atoms with Crippen LogP contribution in [-0.4, -0.2) is 38.7 Å². The first kappa shape index (κ1) is 17.4. The lowest BCUT2D eigenvalue weighted by molar-refractivity contribution is -0.478. The molecule has 24 heavy (non-hydrogen) atoms. The van der Waals surface area contributed by atoms with E-state index in [1.807, 2.05) is 0 Å². The Labute approximate surface area is 153 Å². The molecule has 2 aromatic carbocycles. The summed E-state index contributed by atoms with van der Waals surface area (Å²) in [6.45, 7) is 4.32. The van der Waals surface area contributed by atoms with Crippen LogP contribution in [0.1, 0.15) is 0 Å². The Morgan fingerprint density at radius 2 is 1.75 bits per heavy atom. The second-order valence-corrected chi connectivity index (χ2v) is 6.26. The van der Waals surface area contributed by atoms with Gasteiger partial charge in [-0.25, -0.2) is 0 Å². The van der Waals surface area contributed by atoms with Crippen LogP contribution in [0.5, 0.6) is 0 Å². The highest BCUT2D eigenvalue weighted by atomic mass is 35.5. The van der Waals surface area contributed by atoms with Gasteiger partial charge in [0.2, 0.25) is 0 Å². The molecule has 0 unspecified atom stereocenters. The van der Waals surface area contributed by atoms with Crippen molar-refractivity contribution in [3.63, 3.8) is 0 Å². The molecule has 2 aromatic rings. The predicted octanol–water partition coefficient (Wildman–Crippen LogP) is -0.256. The molecule has 0 bridgehead atoms. The molecular formula is C18H21Cl2N3O. The van der Waals surface area contributed by atoms with Crippen molar-refractivity contribution >= 4 is 40.0 Å². The highest BCUT2D eigenvalue weighted by Gasteiger charge is 2.26. The van der Waals surface area contributed by atoms with Crippen molar-refractivity contribution in [1.82, 2.24) is 0 Å². The summed E-state index contributed by atoms with van der Waals surface area (Å²) < 4.78 is 5.46. The van der Waals surface area contributed by atoms with Crippen LogP contribution in [0.25, 0.3) is 0 Å². The molecule has 0 radical (unpaired) electrons. The molecule has 2 heterocycles. The van der Waals surface area contributed by atoms with Crippen LogP contribution in [0.4, 0.5) is 28.4 Å². The zero-order chi connectivity index (χ0) is 15.6. The first-order chi connectivity index (χ1) is 11.4. The van der Waals surface area contributed by atoms with Gasteiger partial charge in [0, 0.05) is 43.3 Å². The molecule has 4 rings (SSSR count). The second-order valence-electron chi connectivity index (χ2n) is 5.89. The third-order valence-electron chi connectivity index (χ3n) is 4.53. The Morgan fingerprint density at radius 3 is 2.54 bits per heavy atom. The fourth-order valence-corrected chi connectivity index (χ4v) is 3.55. The summed E-state index contributed by atoms with van der Waals surface area (Å²) in [5.41, 5.74) is 6.25. The van der Waals surface area contributed by atoms with Crippen LogP contribution in [0, 0.1) is 0 Å². The average molecular weight is 366 g/mol. The fourth-order valence-electron chi connectivity index (χ4n) is 3.38. The number of nitrogens with zero attached hydrogens (tertiary/aromatic N) is 2. The van der Waals surface area contributed by atoms with Gasteiger partial charge in [-0.15, -0.1) is 11.6 Å². The van der Waals surface area contributed by atoms with Crippen molar-refractivity contribution in [3.05, 3.63) is 42.5 Å². The van der Waals surface area contributed by atoms with E-state index in [4.69, 9.17) is 16.3 Å². The van der Waals surface area contributed by atoms with Crippen LogP contribution in [0.2, 0.25) is 0 Å². The minimum Gasteiger partial charge on any atom is -1.00 e. The van der Waals surface area contributed by atoms with Gasteiger partial charge in [0.05, 0.1) is 13.2 Å². The van der Waals surface area contributed by atoms with E-state index < -0.39 is 0 Å². The van der Waals surface area contributed by atoms with Crippen LogP contribution in [-0.2, 0) is 4.74 Å². The largest absolute Gasteiger partial charge is 1.00 e. The number of fused-ring (bicyclic) bond motifs is 2. The van der Waals surface area contributed by atoms with Crippen molar-refractivity contribution in [2.45, 2.75) is 0 Å². The number of benzene rings is 2. The first-order valence-electron chi connectivity index (χ1n) is 8.11.